The minimum atomic E-state index is -4.45. The topological polar surface area (TPSA) is 71.6 Å². The van der Waals surface area contributed by atoms with Gasteiger partial charge in [-0.2, -0.15) is 13.2 Å². The zero-order chi connectivity index (χ0) is 24.7. The smallest absolute Gasteiger partial charge is 0.422 e. The number of anilines is 3. The second-order valence-electron chi connectivity index (χ2n) is 6.86. The normalized spacial score (nSPS) is 10.9. The third kappa shape index (κ3) is 7.07. The van der Waals surface area contributed by atoms with Gasteiger partial charge in [0.1, 0.15) is 17.3 Å². The van der Waals surface area contributed by atoms with E-state index in [1.807, 2.05) is 0 Å². The molecule has 3 rings (SSSR count). The predicted molar refractivity (Wildman–Crippen MR) is 125 cm³/mol. The molecule has 3 aromatic carbocycles. The van der Waals surface area contributed by atoms with Crippen molar-refractivity contribution >= 4 is 40.3 Å². The molecular formula is C23H19F4N3O3S. The fraction of sp³-hybridized carbons (Fsp3) is 0.130. The van der Waals surface area contributed by atoms with Crippen molar-refractivity contribution in [3.8, 4) is 11.5 Å². The van der Waals surface area contributed by atoms with Crippen molar-refractivity contribution in [2.75, 3.05) is 29.7 Å². The number of amides is 1. The van der Waals surface area contributed by atoms with Crippen LogP contribution in [-0.4, -0.2) is 30.9 Å². The molecule has 0 fully saturated rings. The standard InChI is InChI=1S/C23H19F4N3O3S/c1-32-20-12-16(33-13-23(25,26)27)10-11-19(20)30-22(34)29-15-8-6-14(7-9-15)28-21(31)17-4-2-3-5-18(17)24/h2-12H,13H2,1H3,(H,28,31)(H2,29,30,34). The second kappa shape index (κ2) is 10.8. The molecule has 0 radical (unpaired) electrons. The van der Waals surface area contributed by atoms with Crippen LogP contribution in [0.3, 0.4) is 0 Å². The molecule has 6 nitrogen and oxygen atoms in total. The average Bonchev–Trinajstić information content (AvgIpc) is 2.79. The largest absolute Gasteiger partial charge is 0.494 e. The number of hydrogen-bond acceptors (Lipinski definition) is 4. The summed E-state index contributed by atoms with van der Waals surface area (Å²) in [5.41, 5.74) is 1.38. The van der Waals surface area contributed by atoms with E-state index in [4.69, 9.17) is 21.7 Å². The summed E-state index contributed by atoms with van der Waals surface area (Å²) < 4.78 is 60.6. The van der Waals surface area contributed by atoms with Crippen LogP contribution in [0.1, 0.15) is 10.4 Å². The molecule has 0 unspecified atom stereocenters. The monoisotopic (exact) mass is 493 g/mol. The molecule has 0 aliphatic carbocycles. The minimum absolute atomic E-state index is 0.00776. The van der Waals surface area contributed by atoms with E-state index in [0.717, 1.165) is 0 Å². The highest BCUT2D eigenvalue weighted by molar-refractivity contribution is 7.80. The van der Waals surface area contributed by atoms with Gasteiger partial charge in [-0.1, -0.05) is 12.1 Å². The molecule has 34 heavy (non-hydrogen) atoms. The van der Waals surface area contributed by atoms with Crippen molar-refractivity contribution in [1.29, 1.82) is 0 Å². The summed E-state index contributed by atoms with van der Waals surface area (Å²) in [6, 6.07) is 16.3. The molecule has 1 amide bonds. The molecule has 0 aliphatic heterocycles. The summed E-state index contributed by atoms with van der Waals surface area (Å²) in [6.45, 7) is -1.42. The van der Waals surface area contributed by atoms with Gasteiger partial charge in [0.25, 0.3) is 5.91 Å². The fourth-order valence-corrected chi connectivity index (χ4v) is 3.02. The van der Waals surface area contributed by atoms with Crippen LogP contribution in [-0.2, 0) is 0 Å². The maximum absolute atomic E-state index is 13.7. The lowest BCUT2D eigenvalue weighted by Gasteiger charge is -2.15. The Morgan fingerprint density at radius 2 is 1.59 bits per heavy atom. The highest BCUT2D eigenvalue weighted by atomic mass is 32.1. The molecule has 0 saturated heterocycles. The maximum Gasteiger partial charge on any atom is 0.422 e. The Hall–Kier alpha value is -3.86. The summed E-state index contributed by atoms with van der Waals surface area (Å²) in [6.07, 6.45) is -4.45. The third-order valence-corrected chi connectivity index (χ3v) is 4.55. The molecule has 3 aromatic rings. The van der Waals surface area contributed by atoms with Crippen molar-refractivity contribution in [1.82, 2.24) is 0 Å². The van der Waals surface area contributed by atoms with Gasteiger partial charge < -0.3 is 25.4 Å². The molecule has 0 spiro atoms. The number of alkyl halides is 3. The number of carbonyl (C=O) groups is 1. The van der Waals surface area contributed by atoms with Crippen molar-refractivity contribution in [3.05, 3.63) is 78.1 Å². The Morgan fingerprint density at radius 3 is 2.21 bits per heavy atom. The molecular weight excluding hydrogens is 474 g/mol. The third-order valence-electron chi connectivity index (χ3n) is 4.34. The van der Waals surface area contributed by atoms with Gasteiger partial charge in [0.15, 0.2) is 11.7 Å². The van der Waals surface area contributed by atoms with Gasteiger partial charge in [-0.3, -0.25) is 4.79 Å². The van der Waals surface area contributed by atoms with E-state index in [9.17, 15) is 22.4 Å². The number of nitrogens with one attached hydrogen (secondary N) is 3. The first kappa shape index (κ1) is 24.8. The molecule has 0 aromatic heterocycles. The second-order valence-corrected chi connectivity index (χ2v) is 7.26. The molecule has 0 bridgehead atoms. The van der Waals surface area contributed by atoms with Gasteiger partial charge in [0, 0.05) is 17.4 Å². The number of rotatable bonds is 7. The Morgan fingerprint density at radius 1 is 0.941 bits per heavy atom. The van der Waals surface area contributed by atoms with Crippen molar-refractivity contribution in [2.24, 2.45) is 0 Å². The Labute approximate surface area is 197 Å². The predicted octanol–water partition coefficient (Wildman–Crippen LogP) is 5.84. The molecule has 0 atom stereocenters. The molecule has 11 heteroatoms. The molecule has 0 aliphatic rings. The highest BCUT2D eigenvalue weighted by Crippen LogP contribution is 2.30. The van der Waals surface area contributed by atoms with Crippen molar-refractivity contribution in [2.45, 2.75) is 6.18 Å². The first-order valence-corrected chi connectivity index (χ1v) is 10.2. The first-order chi connectivity index (χ1) is 16.1. The number of ether oxygens (including phenoxy) is 2. The van der Waals surface area contributed by atoms with Crippen molar-refractivity contribution in [3.63, 3.8) is 0 Å². The Bertz CT molecular complexity index is 1170. The Balaban J connectivity index is 1.58. The van der Waals surface area contributed by atoms with Gasteiger partial charge in [0.2, 0.25) is 0 Å². The quantitative estimate of drug-likeness (QED) is 0.284. The average molecular weight is 493 g/mol. The van der Waals surface area contributed by atoms with Gasteiger partial charge >= 0.3 is 6.18 Å². The van der Waals surface area contributed by atoms with Crippen LogP contribution in [0.15, 0.2) is 66.7 Å². The lowest BCUT2D eigenvalue weighted by Crippen LogP contribution is -2.20. The fourth-order valence-electron chi connectivity index (χ4n) is 2.80. The number of thiocarbonyl (C=S) groups is 1. The van der Waals surface area contributed by atoms with Crippen LogP contribution in [0, 0.1) is 5.82 Å². The number of carbonyl (C=O) groups excluding carboxylic acids is 1. The van der Waals surface area contributed by atoms with Crippen molar-refractivity contribution < 1.29 is 31.8 Å². The summed E-state index contributed by atoms with van der Waals surface area (Å²) in [7, 11) is 1.36. The SMILES string of the molecule is COc1cc(OCC(F)(F)F)ccc1NC(=S)Nc1ccc(NC(=O)c2ccccc2F)cc1. The molecule has 0 heterocycles. The zero-order valence-electron chi connectivity index (χ0n) is 17.7. The van der Waals surface area contributed by atoms with E-state index in [1.54, 1.807) is 30.3 Å². The summed E-state index contributed by atoms with van der Waals surface area (Å²) in [4.78, 5) is 12.2. The first-order valence-electron chi connectivity index (χ1n) is 9.76. The van der Waals surface area contributed by atoms with E-state index >= 15 is 0 Å². The lowest BCUT2D eigenvalue weighted by molar-refractivity contribution is -0.153. The van der Waals surface area contributed by atoms with Crippen LogP contribution in [0.5, 0.6) is 11.5 Å². The summed E-state index contributed by atoms with van der Waals surface area (Å²) in [5, 5.41) is 8.62. The van der Waals surface area contributed by atoms with Gasteiger partial charge in [-0.25, -0.2) is 4.39 Å². The van der Waals surface area contributed by atoms with Gasteiger partial charge in [0.05, 0.1) is 18.4 Å². The van der Waals surface area contributed by atoms with Crippen LogP contribution < -0.4 is 25.4 Å². The number of hydrogen-bond donors (Lipinski definition) is 3. The van der Waals surface area contributed by atoms with E-state index in [0.29, 0.717) is 17.1 Å². The molecule has 3 N–H and O–H groups in total. The number of halogens is 4. The van der Waals surface area contributed by atoms with Crippen LogP contribution in [0.25, 0.3) is 0 Å². The van der Waals surface area contributed by atoms with E-state index in [-0.39, 0.29) is 22.2 Å². The number of benzene rings is 3. The summed E-state index contributed by atoms with van der Waals surface area (Å²) in [5.74, 6) is -0.975. The van der Waals surface area contributed by atoms with Crippen LogP contribution in [0.2, 0.25) is 0 Å². The lowest BCUT2D eigenvalue weighted by atomic mass is 10.2. The zero-order valence-corrected chi connectivity index (χ0v) is 18.5. The molecule has 0 saturated carbocycles. The number of methoxy groups -OCH3 is 1. The maximum atomic E-state index is 13.7. The van der Waals surface area contributed by atoms with E-state index in [2.05, 4.69) is 16.0 Å². The van der Waals surface area contributed by atoms with E-state index < -0.39 is 24.5 Å². The summed E-state index contributed by atoms with van der Waals surface area (Å²) >= 11 is 5.27. The van der Waals surface area contributed by atoms with Crippen LogP contribution >= 0.6 is 12.2 Å². The van der Waals surface area contributed by atoms with E-state index in [1.165, 1.54) is 43.5 Å². The van der Waals surface area contributed by atoms with Crippen LogP contribution in [0.4, 0.5) is 34.6 Å². The Kier molecular flexibility index (Phi) is 7.90. The minimum Gasteiger partial charge on any atom is -0.494 e. The van der Waals surface area contributed by atoms with Gasteiger partial charge in [-0.05, 0) is 60.7 Å². The highest BCUT2D eigenvalue weighted by Gasteiger charge is 2.28. The molecule has 178 valence electrons. The van der Waals surface area contributed by atoms with Gasteiger partial charge in [-0.15, -0.1) is 0 Å².